The number of carboxylic acid groups (broad SMARTS) is 1. The average Bonchev–Trinajstić information content (AvgIpc) is 2.08. The van der Waals surface area contributed by atoms with Crippen molar-refractivity contribution in [3.05, 3.63) is 10.4 Å². The predicted octanol–water partition coefficient (Wildman–Crippen LogP) is 1.27. The van der Waals surface area contributed by atoms with Gasteiger partial charge in [0.2, 0.25) is 0 Å². The third-order valence-electron chi connectivity index (χ3n) is 1.31. The fourth-order valence-corrected chi connectivity index (χ4v) is 0.734. The van der Waals surface area contributed by atoms with E-state index in [9.17, 15) is 9.59 Å². The molecule has 0 aliphatic heterocycles. The van der Waals surface area contributed by atoms with Gasteiger partial charge in [-0.15, -0.1) is 0 Å². The molecule has 8 heteroatoms. The van der Waals surface area contributed by atoms with Gasteiger partial charge in [-0.1, -0.05) is 5.11 Å². The number of carbonyl (C=O) groups excluding carboxylic acids is 1. The van der Waals surface area contributed by atoms with E-state index in [0.29, 0.717) is 0 Å². The predicted molar refractivity (Wildman–Crippen MR) is 54.8 cm³/mol. The molecule has 0 heterocycles. The van der Waals surface area contributed by atoms with Crippen molar-refractivity contribution in [2.24, 2.45) is 5.11 Å². The molecule has 0 bridgehead atoms. The molecule has 2 N–H and O–H groups in total. The van der Waals surface area contributed by atoms with Crippen LogP contribution in [0.2, 0.25) is 0 Å². The molecule has 0 saturated carbocycles. The number of carbonyl (C=O) groups is 2. The van der Waals surface area contributed by atoms with E-state index >= 15 is 0 Å². The minimum atomic E-state index is -1.34. The Labute approximate surface area is 92.2 Å². The molecular weight excluding hydrogens is 216 g/mol. The van der Waals surface area contributed by atoms with Crippen LogP contribution in [-0.4, -0.2) is 35.4 Å². The monoisotopic (exact) mass is 230 g/mol. The summed E-state index contributed by atoms with van der Waals surface area (Å²) in [6, 6.07) is -1.34. The summed E-state index contributed by atoms with van der Waals surface area (Å²) < 4.78 is 4.87. The van der Waals surface area contributed by atoms with E-state index in [1.807, 2.05) is 0 Å². The summed E-state index contributed by atoms with van der Waals surface area (Å²) in [5, 5.41) is 13.8. The molecule has 0 rings (SSSR count). The van der Waals surface area contributed by atoms with Gasteiger partial charge in [0.05, 0.1) is 0 Å². The van der Waals surface area contributed by atoms with E-state index < -0.39 is 23.7 Å². The van der Waals surface area contributed by atoms with Gasteiger partial charge in [0, 0.05) is 11.5 Å². The summed E-state index contributed by atoms with van der Waals surface area (Å²) in [7, 11) is 0. The summed E-state index contributed by atoms with van der Waals surface area (Å²) >= 11 is 0. The first kappa shape index (κ1) is 14.1. The summed E-state index contributed by atoms with van der Waals surface area (Å²) in [6.07, 6.45) is -0.758. The van der Waals surface area contributed by atoms with Crippen LogP contribution in [0, 0.1) is 0 Å². The normalized spacial score (nSPS) is 12.2. The largest absolute Gasteiger partial charge is 0.481 e. The van der Waals surface area contributed by atoms with E-state index in [1.54, 1.807) is 20.8 Å². The number of carboxylic acids is 1. The lowest BCUT2D eigenvalue weighted by Crippen LogP contribution is -2.38. The molecular formula is C8H14N4O4. The van der Waals surface area contributed by atoms with Gasteiger partial charge in [-0.05, 0) is 26.3 Å². The van der Waals surface area contributed by atoms with E-state index in [2.05, 4.69) is 15.3 Å². The molecule has 16 heavy (non-hydrogen) atoms. The van der Waals surface area contributed by atoms with Gasteiger partial charge >= 0.3 is 12.1 Å². The number of hydrogen-bond acceptors (Lipinski definition) is 4. The summed E-state index contributed by atoms with van der Waals surface area (Å²) in [6.45, 7) is 4.71. The zero-order valence-electron chi connectivity index (χ0n) is 9.30. The molecule has 90 valence electrons. The molecule has 0 spiro atoms. The van der Waals surface area contributed by atoms with E-state index in [4.69, 9.17) is 15.4 Å². The van der Waals surface area contributed by atoms with Crippen LogP contribution < -0.4 is 5.32 Å². The van der Waals surface area contributed by atoms with Crippen LogP contribution in [0.1, 0.15) is 20.8 Å². The van der Waals surface area contributed by atoms with Crippen molar-refractivity contribution < 1.29 is 19.4 Å². The summed E-state index contributed by atoms with van der Waals surface area (Å²) in [5.41, 5.74) is 7.42. The number of hydrogen-bond donors (Lipinski definition) is 2. The Balaban J connectivity index is 4.17. The highest BCUT2D eigenvalue weighted by molar-refractivity contribution is 5.75. The first-order valence-corrected chi connectivity index (χ1v) is 4.50. The maximum Gasteiger partial charge on any atom is 0.407 e. The van der Waals surface area contributed by atoms with Crippen LogP contribution >= 0.6 is 0 Å². The first-order chi connectivity index (χ1) is 7.26. The van der Waals surface area contributed by atoms with Crippen LogP contribution in [0.25, 0.3) is 10.4 Å². The highest BCUT2D eigenvalue weighted by Crippen LogP contribution is 2.06. The maximum atomic E-state index is 11.1. The molecule has 1 atom stereocenters. The Morgan fingerprint density at radius 2 is 2.12 bits per heavy atom. The Hall–Kier alpha value is -1.95. The van der Waals surface area contributed by atoms with Crippen molar-refractivity contribution >= 4 is 12.1 Å². The molecule has 0 unspecified atom stereocenters. The van der Waals surface area contributed by atoms with Gasteiger partial charge in [0.25, 0.3) is 0 Å². The fraction of sp³-hybridized carbons (Fsp3) is 0.750. The van der Waals surface area contributed by atoms with E-state index in [-0.39, 0.29) is 6.54 Å². The zero-order valence-corrected chi connectivity index (χ0v) is 9.30. The first-order valence-electron chi connectivity index (χ1n) is 4.50. The third kappa shape index (κ3) is 6.50. The van der Waals surface area contributed by atoms with E-state index in [0.717, 1.165) is 0 Å². The van der Waals surface area contributed by atoms with Crippen LogP contribution in [0.3, 0.4) is 0 Å². The van der Waals surface area contributed by atoms with Crippen LogP contribution in [-0.2, 0) is 9.53 Å². The summed E-state index contributed by atoms with van der Waals surface area (Å²) in [4.78, 5) is 24.0. The number of ether oxygens (including phenoxy) is 1. The Kier molecular flexibility index (Phi) is 5.11. The Morgan fingerprint density at radius 3 is 2.50 bits per heavy atom. The van der Waals surface area contributed by atoms with Crippen molar-refractivity contribution in [2.75, 3.05) is 6.54 Å². The van der Waals surface area contributed by atoms with Gasteiger partial charge in [0.15, 0.2) is 6.04 Å². The van der Waals surface area contributed by atoms with E-state index in [1.165, 1.54) is 0 Å². The van der Waals surface area contributed by atoms with Gasteiger partial charge in [0.1, 0.15) is 5.60 Å². The number of azide groups is 1. The third-order valence-corrected chi connectivity index (χ3v) is 1.31. The highest BCUT2D eigenvalue weighted by Gasteiger charge is 2.19. The van der Waals surface area contributed by atoms with Crippen molar-refractivity contribution in [3.8, 4) is 0 Å². The lowest BCUT2D eigenvalue weighted by molar-refractivity contribution is -0.138. The SMILES string of the molecule is CC(C)(C)OC(=O)NC[C@@H](N=[N+]=[N-])C(=O)O. The number of alkyl carbamates (subject to hydrolysis) is 1. The van der Waals surface area contributed by atoms with Crippen molar-refractivity contribution in [2.45, 2.75) is 32.4 Å². The number of nitrogens with zero attached hydrogens (tertiary/aromatic N) is 3. The number of nitrogens with one attached hydrogen (secondary N) is 1. The number of aliphatic carboxylic acids is 1. The smallest absolute Gasteiger partial charge is 0.407 e. The maximum absolute atomic E-state index is 11.1. The molecule has 0 aromatic carbocycles. The molecule has 0 saturated heterocycles. The van der Waals surface area contributed by atoms with Gasteiger partial charge < -0.3 is 15.2 Å². The molecule has 0 radical (unpaired) electrons. The molecule has 0 aromatic heterocycles. The Bertz CT molecular complexity index is 314. The number of rotatable bonds is 4. The van der Waals surface area contributed by atoms with Gasteiger partial charge in [-0.2, -0.15) is 0 Å². The van der Waals surface area contributed by atoms with Crippen molar-refractivity contribution in [1.82, 2.24) is 5.32 Å². The quantitative estimate of drug-likeness (QED) is 0.428. The lowest BCUT2D eigenvalue weighted by Gasteiger charge is -2.20. The Morgan fingerprint density at radius 1 is 1.56 bits per heavy atom. The molecule has 0 fully saturated rings. The highest BCUT2D eigenvalue weighted by atomic mass is 16.6. The minimum absolute atomic E-state index is 0.311. The standard InChI is InChI=1S/C8H14N4O4/c1-8(2,3)16-7(15)10-4-5(6(13)14)11-12-9/h5H,4H2,1-3H3,(H,10,15)(H,13,14)/t5-/m1/s1. The van der Waals surface area contributed by atoms with Crippen LogP contribution in [0.4, 0.5) is 4.79 Å². The fourth-order valence-electron chi connectivity index (χ4n) is 0.734. The second-order valence-corrected chi connectivity index (χ2v) is 3.94. The van der Waals surface area contributed by atoms with Crippen molar-refractivity contribution in [3.63, 3.8) is 0 Å². The van der Waals surface area contributed by atoms with Crippen molar-refractivity contribution in [1.29, 1.82) is 0 Å². The summed E-state index contributed by atoms with van der Waals surface area (Å²) in [5.74, 6) is -1.31. The molecule has 1 amide bonds. The van der Waals surface area contributed by atoms with Crippen LogP contribution in [0.15, 0.2) is 5.11 Å². The van der Waals surface area contributed by atoms with Gasteiger partial charge in [-0.3, -0.25) is 4.79 Å². The molecule has 0 aliphatic carbocycles. The topological polar surface area (TPSA) is 124 Å². The molecule has 8 nitrogen and oxygen atoms in total. The average molecular weight is 230 g/mol. The molecule has 0 aromatic rings. The number of amides is 1. The zero-order chi connectivity index (χ0) is 12.8. The second-order valence-electron chi connectivity index (χ2n) is 3.94. The lowest BCUT2D eigenvalue weighted by atomic mass is 10.2. The van der Waals surface area contributed by atoms with Gasteiger partial charge in [-0.25, -0.2) is 4.79 Å². The minimum Gasteiger partial charge on any atom is -0.481 e. The van der Waals surface area contributed by atoms with Crippen LogP contribution in [0.5, 0.6) is 0 Å². The molecule has 0 aliphatic rings. The second kappa shape index (κ2) is 5.82.